The van der Waals surface area contributed by atoms with Crippen molar-refractivity contribution in [1.29, 1.82) is 0 Å². The van der Waals surface area contributed by atoms with Gasteiger partial charge < -0.3 is 19.8 Å². The summed E-state index contributed by atoms with van der Waals surface area (Å²) in [6, 6.07) is 10.8. The summed E-state index contributed by atoms with van der Waals surface area (Å²) in [5.74, 6) is 0.565. The molecule has 0 saturated carbocycles. The van der Waals surface area contributed by atoms with Gasteiger partial charge in [-0.1, -0.05) is 12.1 Å². The molecule has 1 aliphatic heterocycles. The number of hydrogen-bond acceptors (Lipinski definition) is 5. The Kier molecular flexibility index (Phi) is 6.04. The van der Waals surface area contributed by atoms with Crippen molar-refractivity contribution in [2.75, 3.05) is 40.0 Å². The Hall–Kier alpha value is -2.64. The number of nitrogens with one attached hydrogen (secondary N) is 2. The first kappa shape index (κ1) is 18.2. The van der Waals surface area contributed by atoms with Crippen LogP contribution in [0.1, 0.15) is 22.0 Å². The Morgan fingerprint density at radius 3 is 2.81 bits per heavy atom. The lowest BCUT2D eigenvalue weighted by atomic mass is 10.0. The number of methoxy groups -OCH3 is 1. The molecule has 1 saturated heterocycles. The van der Waals surface area contributed by atoms with Gasteiger partial charge in [-0.15, -0.1) is 0 Å². The molecule has 1 aromatic carbocycles. The van der Waals surface area contributed by atoms with E-state index < -0.39 is 0 Å². The van der Waals surface area contributed by atoms with Crippen molar-refractivity contribution in [1.82, 2.24) is 15.2 Å². The second-order valence-corrected chi connectivity index (χ2v) is 6.09. The van der Waals surface area contributed by atoms with Crippen molar-refractivity contribution in [3.63, 3.8) is 0 Å². The first-order chi connectivity index (χ1) is 12.7. The molecule has 1 amide bonds. The van der Waals surface area contributed by atoms with E-state index in [1.807, 2.05) is 24.3 Å². The summed E-state index contributed by atoms with van der Waals surface area (Å²) in [5, 5.41) is 2.97. The van der Waals surface area contributed by atoms with Gasteiger partial charge >= 0.3 is 0 Å². The minimum Gasteiger partial charge on any atom is -0.497 e. The smallest absolute Gasteiger partial charge is 0.252 e. The van der Waals surface area contributed by atoms with Crippen LogP contribution in [0, 0.1) is 0 Å². The van der Waals surface area contributed by atoms with E-state index in [1.54, 1.807) is 7.11 Å². The van der Waals surface area contributed by atoms with E-state index in [4.69, 9.17) is 9.47 Å². The number of carbonyl (C=O) groups excluding carboxylic acids is 1. The highest BCUT2D eigenvalue weighted by Crippen LogP contribution is 2.24. The zero-order valence-electron chi connectivity index (χ0n) is 14.7. The maximum absolute atomic E-state index is 12.4. The van der Waals surface area contributed by atoms with Crippen LogP contribution in [0.5, 0.6) is 5.75 Å². The van der Waals surface area contributed by atoms with Crippen LogP contribution in [0.3, 0.4) is 0 Å². The molecule has 1 unspecified atom stereocenters. The monoisotopic (exact) mass is 357 g/mol. The van der Waals surface area contributed by atoms with Crippen molar-refractivity contribution < 1.29 is 14.3 Å². The van der Waals surface area contributed by atoms with E-state index >= 15 is 0 Å². The van der Waals surface area contributed by atoms with Gasteiger partial charge in [-0.25, -0.2) is 0 Å². The van der Waals surface area contributed by atoms with Gasteiger partial charge in [0, 0.05) is 31.9 Å². The normalized spacial score (nSPS) is 16.0. The molecule has 2 N–H and O–H groups in total. The second kappa shape index (κ2) is 8.64. The number of morpholine rings is 1. The van der Waals surface area contributed by atoms with Crippen molar-refractivity contribution in [3.05, 3.63) is 64.1 Å². The van der Waals surface area contributed by atoms with Crippen LogP contribution in [0.4, 0.5) is 0 Å². The van der Waals surface area contributed by atoms with E-state index in [1.165, 1.54) is 18.3 Å². The molecule has 7 nitrogen and oxygen atoms in total. The number of H-pyrrole nitrogens is 1. The van der Waals surface area contributed by atoms with Gasteiger partial charge in [0.05, 0.1) is 31.9 Å². The molecule has 3 rings (SSSR count). The number of aromatic amines is 1. The number of ether oxygens (including phenoxy) is 2. The van der Waals surface area contributed by atoms with Crippen LogP contribution in [-0.4, -0.2) is 55.7 Å². The van der Waals surface area contributed by atoms with Gasteiger partial charge in [-0.2, -0.15) is 0 Å². The van der Waals surface area contributed by atoms with Crippen LogP contribution < -0.4 is 15.6 Å². The molecule has 1 fully saturated rings. The maximum atomic E-state index is 12.4. The number of nitrogens with zero attached hydrogens (tertiary/aromatic N) is 1. The van der Waals surface area contributed by atoms with Gasteiger partial charge in [0.1, 0.15) is 5.75 Å². The van der Waals surface area contributed by atoms with Gasteiger partial charge in [-0.05, 0) is 23.8 Å². The molecule has 138 valence electrons. The molecule has 26 heavy (non-hydrogen) atoms. The molecule has 1 aliphatic rings. The minimum absolute atomic E-state index is 0.0145. The summed E-state index contributed by atoms with van der Waals surface area (Å²) < 4.78 is 10.8. The number of benzene rings is 1. The van der Waals surface area contributed by atoms with Crippen LogP contribution in [0.15, 0.2) is 47.4 Å². The first-order valence-electron chi connectivity index (χ1n) is 8.60. The second-order valence-electron chi connectivity index (χ2n) is 6.09. The Bertz CT molecular complexity index is 779. The molecular weight excluding hydrogens is 334 g/mol. The van der Waals surface area contributed by atoms with E-state index in [-0.39, 0.29) is 17.5 Å². The van der Waals surface area contributed by atoms with Crippen molar-refractivity contribution in [2.24, 2.45) is 0 Å². The zero-order valence-corrected chi connectivity index (χ0v) is 14.7. The standard InChI is InChI=1S/C19H23N3O4/c1-25-16-4-2-3-14(11-16)17(22-7-9-26-10-8-22)13-21-19(24)15-5-6-18(23)20-12-15/h2-6,11-12,17H,7-10,13H2,1H3,(H,20,23)(H,21,24). The highest BCUT2D eigenvalue weighted by atomic mass is 16.5. The summed E-state index contributed by atoms with van der Waals surface area (Å²) in [6.07, 6.45) is 1.42. The molecule has 0 radical (unpaired) electrons. The third-order valence-electron chi connectivity index (χ3n) is 4.47. The largest absolute Gasteiger partial charge is 0.497 e. The van der Waals surface area contributed by atoms with E-state index in [0.717, 1.165) is 24.4 Å². The van der Waals surface area contributed by atoms with Crippen molar-refractivity contribution in [3.8, 4) is 5.75 Å². The number of rotatable bonds is 6. The maximum Gasteiger partial charge on any atom is 0.252 e. The van der Waals surface area contributed by atoms with E-state index in [0.29, 0.717) is 25.3 Å². The van der Waals surface area contributed by atoms with Crippen molar-refractivity contribution >= 4 is 5.91 Å². The number of hydrogen-bond donors (Lipinski definition) is 2. The van der Waals surface area contributed by atoms with Crippen LogP contribution in [0.25, 0.3) is 0 Å². The Balaban J connectivity index is 1.75. The molecule has 7 heteroatoms. The first-order valence-corrected chi connectivity index (χ1v) is 8.60. The minimum atomic E-state index is -0.232. The van der Waals surface area contributed by atoms with Gasteiger partial charge in [0.2, 0.25) is 5.56 Å². The summed E-state index contributed by atoms with van der Waals surface area (Å²) in [4.78, 5) is 28.4. The molecule has 1 aromatic heterocycles. The molecule has 2 heterocycles. The highest BCUT2D eigenvalue weighted by molar-refractivity contribution is 5.93. The van der Waals surface area contributed by atoms with E-state index in [9.17, 15) is 9.59 Å². The van der Waals surface area contributed by atoms with E-state index in [2.05, 4.69) is 15.2 Å². The highest BCUT2D eigenvalue weighted by Gasteiger charge is 2.23. The van der Waals surface area contributed by atoms with Crippen LogP contribution in [-0.2, 0) is 4.74 Å². The number of aromatic nitrogens is 1. The molecule has 0 spiro atoms. The number of carbonyl (C=O) groups is 1. The Labute approximate surface area is 151 Å². The van der Waals surface area contributed by atoms with Gasteiger partial charge in [-0.3, -0.25) is 14.5 Å². The molecule has 0 aliphatic carbocycles. The third-order valence-corrected chi connectivity index (χ3v) is 4.47. The predicted octanol–water partition coefficient (Wildman–Crippen LogP) is 1.19. The van der Waals surface area contributed by atoms with Crippen LogP contribution in [0.2, 0.25) is 0 Å². The summed E-state index contributed by atoms with van der Waals surface area (Å²) in [5.41, 5.74) is 1.27. The quantitative estimate of drug-likeness (QED) is 0.811. The summed E-state index contributed by atoms with van der Waals surface area (Å²) in [7, 11) is 1.64. The lowest BCUT2D eigenvalue weighted by Crippen LogP contribution is -2.43. The lowest BCUT2D eigenvalue weighted by molar-refractivity contribution is 0.0162. The van der Waals surface area contributed by atoms with Gasteiger partial charge in [0.25, 0.3) is 5.91 Å². The Morgan fingerprint density at radius 1 is 1.31 bits per heavy atom. The molecular formula is C19H23N3O4. The van der Waals surface area contributed by atoms with Crippen LogP contribution >= 0.6 is 0 Å². The average Bonchev–Trinajstić information content (AvgIpc) is 2.69. The fraction of sp³-hybridized carbons (Fsp3) is 0.368. The fourth-order valence-electron chi connectivity index (χ4n) is 3.04. The Morgan fingerprint density at radius 2 is 2.12 bits per heavy atom. The van der Waals surface area contributed by atoms with Gasteiger partial charge in [0.15, 0.2) is 0 Å². The number of pyridine rings is 1. The molecule has 1 atom stereocenters. The molecule has 2 aromatic rings. The topological polar surface area (TPSA) is 83.7 Å². The number of amides is 1. The van der Waals surface area contributed by atoms with Crippen molar-refractivity contribution in [2.45, 2.75) is 6.04 Å². The zero-order chi connectivity index (χ0) is 18.4. The summed E-state index contributed by atoms with van der Waals surface area (Å²) >= 11 is 0. The fourth-order valence-corrected chi connectivity index (χ4v) is 3.04. The lowest BCUT2D eigenvalue weighted by Gasteiger charge is -2.35. The predicted molar refractivity (Wildman–Crippen MR) is 97.5 cm³/mol. The third kappa shape index (κ3) is 4.50. The summed E-state index contributed by atoms with van der Waals surface area (Å²) in [6.45, 7) is 3.40. The average molecular weight is 357 g/mol. The SMILES string of the molecule is COc1cccc(C(CNC(=O)c2ccc(=O)[nH]c2)N2CCOCC2)c1. The molecule has 0 bridgehead atoms.